The van der Waals surface area contributed by atoms with E-state index in [0.29, 0.717) is 11.6 Å². The Labute approximate surface area is 161 Å². The fourth-order valence-electron chi connectivity index (χ4n) is 3.44. The number of rotatable bonds is 7. The Morgan fingerprint density at radius 3 is 2.22 bits per heavy atom. The van der Waals surface area contributed by atoms with E-state index < -0.39 is 0 Å². The van der Waals surface area contributed by atoms with E-state index in [4.69, 9.17) is 0 Å². The van der Waals surface area contributed by atoms with Gasteiger partial charge >= 0.3 is 0 Å². The van der Waals surface area contributed by atoms with Gasteiger partial charge < -0.3 is 14.7 Å². The van der Waals surface area contributed by atoms with Crippen molar-refractivity contribution < 1.29 is 4.79 Å². The first-order valence-corrected chi connectivity index (χ1v) is 9.90. The van der Waals surface area contributed by atoms with Crippen LogP contribution in [0, 0.1) is 0 Å². The molecule has 1 fully saturated rings. The van der Waals surface area contributed by atoms with E-state index in [1.165, 1.54) is 5.69 Å². The first kappa shape index (κ1) is 19.1. The summed E-state index contributed by atoms with van der Waals surface area (Å²) in [7, 11) is 0. The van der Waals surface area contributed by atoms with Gasteiger partial charge in [-0.1, -0.05) is 32.0 Å². The van der Waals surface area contributed by atoms with Gasteiger partial charge in [0.15, 0.2) is 0 Å². The SMILES string of the molecule is CCCN(CCC)C(=O)c1ccnc(N2CCN(c3ccccc3)CC2)n1. The summed E-state index contributed by atoms with van der Waals surface area (Å²) in [6.45, 7) is 9.25. The largest absolute Gasteiger partial charge is 0.368 e. The summed E-state index contributed by atoms with van der Waals surface area (Å²) in [6, 6.07) is 12.2. The van der Waals surface area contributed by atoms with Crippen LogP contribution in [0.3, 0.4) is 0 Å². The second-order valence-corrected chi connectivity index (χ2v) is 6.84. The minimum Gasteiger partial charge on any atom is -0.368 e. The van der Waals surface area contributed by atoms with Crippen LogP contribution in [-0.2, 0) is 0 Å². The molecular formula is C21H29N5O. The van der Waals surface area contributed by atoms with Gasteiger partial charge in [0.05, 0.1) is 0 Å². The number of hydrogen-bond acceptors (Lipinski definition) is 5. The molecule has 0 bridgehead atoms. The standard InChI is InChI=1S/C21H29N5O/c1-3-12-25(13-4-2)20(27)19-10-11-22-21(23-19)26-16-14-24(15-17-26)18-8-6-5-7-9-18/h5-11H,3-4,12-17H2,1-2H3. The highest BCUT2D eigenvalue weighted by Crippen LogP contribution is 2.18. The summed E-state index contributed by atoms with van der Waals surface area (Å²) in [4.78, 5) is 28.2. The maximum Gasteiger partial charge on any atom is 0.272 e. The van der Waals surface area contributed by atoms with Crippen molar-refractivity contribution in [3.8, 4) is 0 Å². The van der Waals surface area contributed by atoms with Crippen LogP contribution < -0.4 is 9.80 Å². The van der Waals surface area contributed by atoms with Crippen molar-refractivity contribution in [1.82, 2.24) is 14.9 Å². The highest BCUT2D eigenvalue weighted by atomic mass is 16.2. The van der Waals surface area contributed by atoms with Crippen LogP contribution in [0.25, 0.3) is 0 Å². The molecule has 2 aromatic rings. The summed E-state index contributed by atoms with van der Waals surface area (Å²) in [5.41, 5.74) is 1.74. The van der Waals surface area contributed by atoms with Crippen LogP contribution in [0.4, 0.5) is 11.6 Å². The lowest BCUT2D eigenvalue weighted by Crippen LogP contribution is -2.47. The highest BCUT2D eigenvalue weighted by molar-refractivity contribution is 5.92. The highest BCUT2D eigenvalue weighted by Gasteiger charge is 2.21. The topological polar surface area (TPSA) is 52.6 Å². The van der Waals surface area contributed by atoms with Crippen LogP contribution in [0.1, 0.15) is 37.2 Å². The van der Waals surface area contributed by atoms with E-state index in [1.807, 2.05) is 11.0 Å². The molecule has 1 aromatic carbocycles. The van der Waals surface area contributed by atoms with Gasteiger partial charge in [-0.05, 0) is 31.0 Å². The molecule has 0 atom stereocenters. The zero-order valence-electron chi connectivity index (χ0n) is 16.3. The number of carbonyl (C=O) groups is 1. The fourth-order valence-corrected chi connectivity index (χ4v) is 3.44. The molecule has 1 aromatic heterocycles. The average molecular weight is 367 g/mol. The Bertz CT molecular complexity index is 722. The minimum atomic E-state index is 0.00488. The van der Waals surface area contributed by atoms with Gasteiger partial charge in [0.1, 0.15) is 5.69 Å². The van der Waals surface area contributed by atoms with Gasteiger partial charge in [-0.15, -0.1) is 0 Å². The van der Waals surface area contributed by atoms with Crippen LogP contribution >= 0.6 is 0 Å². The Kier molecular flexibility index (Phi) is 6.63. The monoisotopic (exact) mass is 367 g/mol. The molecule has 1 aliphatic rings. The maximum absolute atomic E-state index is 12.8. The van der Waals surface area contributed by atoms with Gasteiger partial charge in [0.25, 0.3) is 5.91 Å². The molecule has 0 aliphatic carbocycles. The first-order chi connectivity index (χ1) is 13.2. The van der Waals surface area contributed by atoms with Crippen LogP contribution in [0.15, 0.2) is 42.6 Å². The third kappa shape index (κ3) is 4.76. The number of nitrogens with zero attached hydrogens (tertiary/aromatic N) is 5. The van der Waals surface area contributed by atoms with E-state index in [0.717, 1.165) is 52.1 Å². The van der Waals surface area contributed by atoms with E-state index in [9.17, 15) is 4.79 Å². The smallest absolute Gasteiger partial charge is 0.272 e. The number of anilines is 2. The Morgan fingerprint density at radius 2 is 1.59 bits per heavy atom. The van der Waals surface area contributed by atoms with E-state index in [-0.39, 0.29) is 5.91 Å². The molecule has 0 saturated carbocycles. The molecule has 2 heterocycles. The maximum atomic E-state index is 12.8. The molecule has 0 N–H and O–H groups in total. The van der Waals surface area contributed by atoms with Crippen molar-refractivity contribution in [1.29, 1.82) is 0 Å². The molecule has 3 rings (SSSR count). The number of benzene rings is 1. The molecule has 27 heavy (non-hydrogen) atoms. The third-order valence-electron chi connectivity index (χ3n) is 4.82. The molecule has 6 heteroatoms. The summed E-state index contributed by atoms with van der Waals surface area (Å²) >= 11 is 0. The lowest BCUT2D eigenvalue weighted by atomic mass is 10.2. The van der Waals surface area contributed by atoms with Crippen molar-refractivity contribution >= 4 is 17.5 Å². The number of amides is 1. The second-order valence-electron chi connectivity index (χ2n) is 6.84. The summed E-state index contributed by atoms with van der Waals surface area (Å²) in [5.74, 6) is 0.659. The molecule has 6 nitrogen and oxygen atoms in total. The van der Waals surface area contributed by atoms with Crippen molar-refractivity contribution in [3.05, 3.63) is 48.3 Å². The van der Waals surface area contributed by atoms with Crippen LogP contribution in [-0.4, -0.2) is 60.0 Å². The molecular weight excluding hydrogens is 338 g/mol. The second kappa shape index (κ2) is 9.35. The molecule has 144 valence electrons. The fraction of sp³-hybridized carbons (Fsp3) is 0.476. The molecule has 0 unspecified atom stereocenters. The summed E-state index contributed by atoms with van der Waals surface area (Å²) in [5, 5.41) is 0. The van der Waals surface area contributed by atoms with Crippen LogP contribution in [0.2, 0.25) is 0 Å². The predicted molar refractivity (Wildman–Crippen MR) is 109 cm³/mol. The first-order valence-electron chi connectivity index (χ1n) is 9.90. The van der Waals surface area contributed by atoms with Crippen LogP contribution in [0.5, 0.6) is 0 Å². The molecule has 1 amide bonds. The number of piperazine rings is 1. The third-order valence-corrected chi connectivity index (χ3v) is 4.82. The zero-order chi connectivity index (χ0) is 19.1. The normalized spacial score (nSPS) is 14.3. The Balaban J connectivity index is 1.66. The minimum absolute atomic E-state index is 0.00488. The van der Waals surface area contributed by atoms with Crippen molar-refractivity contribution in [3.63, 3.8) is 0 Å². The van der Waals surface area contributed by atoms with E-state index in [2.05, 4.69) is 57.9 Å². The van der Waals surface area contributed by atoms with Gasteiger partial charge in [0.2, 0.25) is 5.95 Å². The lowest BCUT2D eigenvalue weighted by Gasteiger charge is -2.36. The van der Waals surface area contributed by atoms with Gasteiger partial charge in [-0.3, -0.25) is 4.79 Å². The zero-order valence-corrected chi connectivity index (χ0v) is 16.3. The number of aromatic nitrogens is 2. The quantitative estimate of drug-likeness (QED) is 0.753. The van der Waals surface area contributed by atoms with E-state index in [1.54, 1.807) is 12.3 Å². The molecule has 0 spiro atoms. The van der Waals surface area contributed by atoms with Gasteiger partial charge in [-0.2, -0.15) is 0 Å². The number of carbonyl (C=O) groups excluding carboxylic acids is 1. The average Bonchev–Trinajstić information content (AvgIpc) is 2.74. The molecule has 1 saturated heterocycles. The van der Waals surface area contributed by atoms with E-state index >= 15 is 0 Å². The number of para-hydroxylation sites is 1. The molecule has 0 radical (unpaired) electrons. The molecule has 1 aliphatic heterocycles. The Morgan fingerprint density at radius 1 is 0.963 bits per heavy atom. The van der Waals surface area contributed by atoms with Gasteiger partial charge in [0, 0.05) is 51.2 Å². The predicted octanol–water partition coefficient (Wildman–Crippen LogP) is 3.07. The van der Waals surface area contributed by atoms with Crippen molar-refractivity contribution in [2.24, 2.45) is 0 Å². The van der Waals surface area contributed by atoms with Crippen molar-refractivity contribution in [2.75, 3.05) is 49.1 Å². The van der Waals surface area contributed by atoms with Gasteiger partial charge in [-0.25, -0.2) is 9.97 Å². The summed E-state index contributed by atoms with van der Waals surface area (Å²) in [6.07, 6.45) is 3.60. The van der Waals surface area contributed by atoms with Crippen molar-refractivity contribution in [2.45, 2.75) is 26.7 Å². The Hall–Kier alpha value is -2.63. The lowest BCUT2D eigenvalue weighted by molar-refractivity contribution is 0.0749. The number of hydrogen-bond donors (Lipinski definition) is 0. The summed E-state index contributed by atoms with van der Waals surface area (Å²) < 4.78 is 0.